The lowest BCUT2D eigenvalue weighted by Gasteiger charge is -2.04. The van der Waals surface area contributed by atoms with E-state index in [9.17, 15) is 4.79 Å². The van der Waals surface area contributed by atoms with Crippen LogP contribution in [-0.4, -0.2) is 23.0 Å². The minimum atomic E-state index is -0.295. The average Bonchev–Trinajstić information content (AvgIpc) is 2.40. The van der Waals surface area contributed by atoms with Crippen LogP contribution in [0.25, 0.3) is 0 Å². The van der Waals surface area contributed by atoms with Gasteiger partial charge in [0.15, 0.2) is 0 Å². The summed E-state index contributed by atoms with van der Waals surface area (Å²) in [5.41, 5.74) is 0.926. The van der Waals surface area contributed by atoms with Crippen LogP contribution >= 0.6 is 0 Å². The molecule has 2 rings (SSSR count). The van der Waals surface area contributed by atoms with Gasteiger partial charge in [-0.2, -0.15) is 0 Å². The van der Waals surface area contributed by atoms with E-state index in [1.807, 2.05) is 0 Å². The van der Waals surface area contributed by atoms with Crippen molar-refractivity contribution in [3.8, 4) is 5.88 Å². The maximum atomic E-state index is 11.8. The lowest BCUT2D eigenvalue weighted by atomic mass is 10.3. The first-order chi connectivity index (χ1) is 8.29. The second kappa shape index (κ2) is 5.07. The Balaban J connectivity index is 2.14. The van der Waals surface area contributed by atoms with Gasteiger partial charge in [0, 0.05) is 12.3 Å². The molecule has 0 aliphatic rings. The van der Waals surface area contributed by atoms with Crippen LogP contribution in [0.5, 0.6) is 5.88 Å². The van der Waals surface area contributed by atoms with Crippen molar-refractivity contribution in [1.82, 2.24) is 9.97 Å². The molecule has 0 unspecified atom stereocenters. The highest BCUT2D eigenvalue weighted by Crippen LogP contribution is 2.09. The van der Waals surface area contributed by atoms with Gasteiger partial charge >= 0.3 is 0 Å². The molecule has 2 aromatic rings. The number of nitrogens with one attached hydrogen (secondary N) is 1. The normalized spacial score (nSPS) is 9.71. The van der Waals surface area contributed by atoms with E-state index >= 15 is 0 Å². The second-order valence-corrected chi connectivity index (χ2v) is 3.26. The first kappa shape index (κ1) is 11.1. The van der Waals surface area contributed by atoms with Gasteiger partial charge in [0.05, 0.1) is 19.0 Å². The third-order valence-corrected chi connectivity index (χ3v) is 2.08. The molecule has 0 aliphatic carbocycles. The summed E-state index contributed by atoms with van der Waals surface area (Å²) in [5.74, 6) is 0.112. The van der Waals surface area contributed by atoms with E-state index in [0.29, 0.717) is 17.3 Å². The maximum Gasteiger partial charge on any atom is 0.274 e. The average molecular weight is 229 g/mol. The smallest absolute Gasteiger partial charge is 0.274 e. The number of hydrogen-bond acceptors (Lipinski definition) is 4. The number of ether oxygens (including phenoxy) is 1. The predicted octanol–water partition coefficient (Wildman–Crippen LogP) is 1.74. The monoisotopic (exact) mass is 229 g/mol. The molecule has 0 saturated carbocycles. The van der Waals surface area contributed by atoms with E-state index in [2.05, 4.69) is 15.3 Å². The Morgan fingerprint density at radius 3 is 2.88 bits per heavy atom. The third kappa shape index (κ3) is 2.78. The van der Waals surface area contributed by atoms with Crippen LogP contribution in [0.3, 0.4) is 0 Å². The first-order valence-corrected chi connectivity index (χ1v) is 5.02. The molecule has 2 aromatic heterocycles. The van der Waals surface area contributed by atoms with E-state index in [1.165, 1.54) is 7.11 Å². The Bertz CT molecular complexity index is 514. The SMILES string of the molecule is COc1cccc(C(=O)Nc2cccnc2)n1. The summed E-state index contributed by atoms with van der Waals surface area (Å²) >= 11 is 0. The molecule has 0 saturated heterocycles. The first-order valence-electron chi connectivity index (χ1n) is 5.02. The lowest BCUT2D eigenvalue weighted by Crippen LogP contribution is -2.13. The molecular formula is C12H11N3O2. The molecule has 0 atom stereocenters. The van der Waals surface area contributed by atoms with Crippen LogP contribution in [0.1, 0.15) is 10.5 Å². The number of nitrogens with zero attached hydrogens (tertiary/aromatic N) is 2. The molecule has 0 fully saturated rings. The van der Waals surface area contributed by atoms with Gasteiger partial charge in [-0.15, -0.1) is 0 Å². The van der Waals surface area contributed by atoms with Crippen molar-refractivity contribution in [2.45, 2.75) is 0 Å². The van der Waals surface area contributed by atoms with E-state index in [-0.39, 0.29) is 5.91 Å². The van der Waals surface area contributed by atoms with Crippen molar-refractivity contribution in [2.75, 3.05) is 12.4 Å². The standard InChI is InChI=1S/C12H11N3O2/c1-17-11-6-2-5-10(15-11)12(16)14-9-4-3-7-13-8-9/h2-8H,1H3,(H,14,16). The Morgan fingerprint density at radius 1 is 1.29 bits per heavy atom. The fraction of sp³-hybridized carbons (Fsp3) is 0.0833. The highest BCUT2D eigenvalue weighted by molar-refractivity contribution is 6.02. The summed E-state index contributed by atoms with van der Waals surface area (Å²) in [4.78, 5) is 19.8. The zero-order valence-corrected chi connectivity index (χ0v) is 9.25. The number of hydrogen-bond donors (Lipinski definition) is 1. The Morgan fingerprint density at radius 2 is 2.18 bits per heavy atom. The molecule has 17 heavy (non-hydrogen) atoms. The molecular weight excluding hydrogens is 218 g/mol. The number of aromatic nitrogens is 2. The molecule has 1 amide bonds. The van der Waals surface area contributed by atoms with Gasteiger partial charge in [-0.1, -0.05) is 6.07 Å². The number of amides is 1. The van der Waals surface area contributed by atoms with Crippen molar-refractivity contribution in [2.24, 2.45) is 0 Å². The van der Waals surface area contributed by atoms with E-state index in [1.54, 1.807) is 42.7 Å². The summed E-state index contributed by atoms with van der Waals surface area (Å²) in [6.45, 7) is 0. The summed E-state index contributed by atoms with van der Waals surface area (Å²) in [6, 6.07) is 8.51. The fourth-order valence-electron chi connectivity index (χ4n) is 1.29. The van der Waals surface area contributed by atoms with Crippen molar-refractivity contribution in [3.63, 3.8) is 0 Å². The quantitative estimate of drug-likeness (QED) is 0.870. The van der Waals surface area contributed by atoms with Gasteiger partial charge in [0.1, 0.15) is 5.69 Å². The number of rotatable bonds is 3. The predicted molar refractivity (Wildman–Crippen MR) is 63.0 cm³/mol. The minimum Gasteiger partial charge on any atom is -0.481 e. The highest BCUT2D eigenvalue weighted by atomic mass is 16.5. The molecule has 0 spiro atoms. The zero-order valence-electron chi connectivity index (χ0n) is 9.25. The Hall–Kier alpha value is -2.43. The molecule has 86 valence electrons. The van der Waals surface area contributed by atoms with Gasteiger partial charge in [-0.05, 0) is 18.2 Å². The van der Waals surface area contributed by atoms with Crippen molar-refractivity contribution in [3.05, 3.63) is 48.4 Å². The summed E-state index contributed by atoms with van der Waals surface area (Å²) < 4.78 is 4.95. The summed E-state index contributed by atoms with van der Waals surface area (Å²) in [5, 5.41) is 2.69. The van der Waals surface area contributed by atoms with Crippen LogP contribution < -0.4 is 10.1 Å². The Labute approximate surface area is 98.5 Å². The number of anilines is 1. The molecule has 5 heteroatoms. The number of carbonyl (C=O) groups is 1. The van der Waals surface area contributed by atoms with E-state index in [0.717, 1.165) is 0 Å². The minimum absolute atomic E-state index is 0.295. The van der Waals surface area contributed by atoms with Gasteiger partial charge < -0.3 is 10.1 Å². The summed E-state index contributed by atoms with van der Waals surface area (Å²) in [6.07, 6.45) is 3.21. The maximum absolute atomic E-state index is 11.8. The topological polar surface area (TPSA) is 64.1 Å². The molecule has 2 heterocycles. The fourth-order valence-corrected chi connectivity index (χ4v) is 1.29. The number of pyridine rings is 2. The van der Waals surface area contributed by atoms with Crippen molar-refractivity contribution in [1.29, 1.82) is 0 Å². The van der Waals surface area contributed by atoms with Crippen molar-refractivity contribution >= 4 is 11.6 Å². The van der Waals surface area contributed by atoms with Gasteiger partial charge in [-0.3, -0.25) is 9.78 Å². The second-order valence-electron chi connectivity index (χ2n) is 3.26. The molecule has 0 bridgehead atoms. The highest BCUT2D eigenvalue weighted by Gasteiger charge is 2.08. The third-order valence-electron chi connectivity index (χ3n) is 2.08. The van der Waals surface area contributed by atoms with Crippen LogP contribution in [0.15, 0.2) is 42.7 Å². The van der Waals surface area contributed by atoms with Crippen LogP contribution in [-0.2, 0) is 0 Å². The van der Waals surface area contributed by atoms with E-state index < -0.39 is 0 Å². The van der Waals surface area contributed by atoms with Crippen LogP contribution in [0.2, 0.25) is 0 Å². The summed E-state index contributed by atoms with van der Waals surface area (Å²) in [7, 11) is 1.51. The number of carbonyl (C=O) groups excluding carboxylic acids is 1. The van der Waals surface area contributed by atoms with Crippen LogP contribution in [0.4, 0.5) is 5.69 Å². The van der Waals surface area contributed by atoms with Crippen molar-refractivity contribution < 1.29 is 9.53 Å². The molecule has 1 N–H and O–H groups in total. The largest absolute Gasteiger partial charge is 0.481 e. The zero-order chi connectivity index (χ0) is 12.1. The van der Waals surface area contributed by atoms with Gasteiger partial charge in [0.2, 0.25) is 5.88 Å². The number of methoxy groups -OCH3 is 1. The van der Waals surface area contributed by atoms with Gasteiger partial charge in [-0.25, -0.2) is 4.98 Å². The molecule has 5 nitrogen and oxygen atoms in total. The van der Waals surface area contributed by atoms with Crippen LogP contribution in [0, 0.1) is 0 Å². The molecule has 0 aliphatic heterocycles. The molecule has 0 radical (unpaired) electrons. The lowest BCUT2D eigenvalue weighted by molar-refractivity contribution is 0.102. The van der Waals surface area contributed by atoms with E-state index in [4.69, 9.17) is 4.74 Å². The Kier molecular flexibility index (Phi) is 3.30. The van der Waals surface area contributed by atoms with Gasteiger partial charge in [0.25, 0.3) is 5.91 Å². The molecule has 0 aromatic carbocycles.